The van der Waals surface area contributed by atoms with Crippen LogP contribution in [-0.2, 0) is 14.3 Å². The second-order valence-electron chi connectivity index (χ2n) is 5.34. The van der Waals surface area contributed by atoms with Gasteiger partial charge in [-0.1, -0.05) is 23.2 Å². The SMILES string of the molecule is O=C(COc1ccc(Cl)c(Cl)c1)NCC1(C(=O)O)CCOCC1. The molecule has 0 saturated carbocycles. The lowest BCUT2D eigenvalue weighted by molar-refractivity contribution is -0.154. The Labute approximate surface area is 143 Å². The van der Waals surface area contributed by atoms with Crippen molar-refractivity contribution < 1.29 is 24.2 Å². The van der Waals surface area contributed by atoms with Crippen LogP contribution in [0.2, 0.25) is 10.0 Å². The molecule has 8 heteroatoms. The van der Waals surface area contributed by atoms with Gasteiger partial charge in [0.05, 0.1) is 15.5 Å². The number of carbonyl (C=O) groups is 2. The number of hydrogen-bond acceptors (Lipinski definition) is 4. The minimum Gasteiger partial charge on any atom is -0.484 e. The van der Waals surface area contributed by atoms with E-state index in [2.05, 4.69) is 5.32 Å². The molecule has 0 aliphatic carbocycles. The van der Waals surface area contributed by atoms with Gasteiger partial charge in [0.2, 0.25) is 0 Å². The van der Waals surface area contributed by atoms with Gasteiger partial charge in [-0.3, -0.25) is 9.59 Å². The van der Waals surface area contributed by atoms with Crippen molar-refractivity contribution in [3.05, 3.63) is 28.2 Å². The summed E-state index contributed by atoms with van der Waals surface area (Å²) >= 11 is 11.6. The van der Waals surface area contributed by atoms with Crippen LogP contribution in [0.15, 0.2) is 18.2 Å². The molecule has 1 aromatic rings. The molecule has 0 unspecified atom stereocenters. The zero-order valence-corrected chi connectivity index (χ0v) is 13.8. The molecule has 1 aliphatic rings. The van der Waals surface area contributed by atoms with Gasteiger partial charge in [-0.05, 0) is 25.0 Å². The van der Waals surface area contributed by atoms with Gasteiger partial charge in [-0.2, -0.15) is 0 Å². The van der Waals surface area contributed by atoms with Crippen LogP contribution in [0.3, 0.4) is 0 Å². The Morgan fingerprint density at radius 3 is 2.57 bits per heavy atom. The molecule has 1 fully saturated rings. The van der Waals surface area contributed by atoms with Crippen LogP contribution < -0.4 is 10.1 Å². The maximum Gasteiger partial charge on any atom is 0.311 e. The average Bonchev–Trinajstić information content (AvgIpc) is 2.54. The van der Waals surface area contributed by atoms with Crippen molar-refractivity contribution in [2.75, 3.05) is 26.4 Å². The molecule has 126 valence electrons. The molecule has 2 rings (SSSR count). The van der Waals surface area contributed by atoms with Crippen LogP contribution in [0.1, 0.15) is 12.8 Å². The maximum atomic E-state index is 11.9. The minimum absolute atomic E-state index is 0.0509. The third-order valence-electron chi connectivity index (χ3n) is 3.79. The first-order valence-electron chi connectivity index (χ1n) is 7.09. The number of aliphatic carboxylic acids is 1. The molecule has 23 heavy (non-hydrogen) atoms. The smallest absolute Gasteiger partial charge is 0.311 e. The highest BCUT2D eigenvalue weighted by Crippen LogP contribution is 2.30. The standard InChI is InChI=1S/C15H17Cl2NO5/c16-11-2-1-10(7-12(11)17)23-8-13(19)18-9-15(14(20)21)3-5-22-6-4-15/h1-2,7H,3-6,8-9H2,(H,18,19)(H,20,21). The van der Waals surface area contributed by atoms with Crippen LogP contribution in [0.5, 0.6) is 5.75 Å². The molecule has 1 saturated heterocycles. The number of benzene rings is 1. The van der Waals surface area contributed by atoms with E-state index in [0.717, 1.165) is 0 Å². The van der Waals surface area contributed by atoms with Crippen molar-refractivity contribution in [1.82, 2.24) is 5.32 Å². The van der Waals surface area contributed by atoms with Gasteiger partial charge >= 0.3 is 5.97 Å². The number of halogens is 2. The van der Waals surface area contributed by atoms with Gasteiger partial charge in [0, 0.05) is 25.8 Å². The largest absolute Gasteiger partial charge is 0.484 e. The topological polar surface area (TPSA) is 84.9 Å². The molecule has 1 aliphatic heterocycles. The molecule has 0 spiro atoms. The Kier molecular flexibility index (Phi) is 6.10. The summed E-state index contributed by atoms with van der Waals surface area (Å²) < 4.78 is 10.5. The van der Waals surface area contributed by atoms with Gasteiger partial charge in [0.15, 0.2) is 6.61 Å². The summed E-state index contributed by atoms with van der Waals surface area (Å²) in [7, 11) is 0. The van der Waals surface area contributed by atoms with E-state index in [-0.39, 0.29) is 13.2 Å². The van der Waals surface area contributed by atoms with Crippen LogP contribution in [0, 0.1) is 5.41 Å². The summed E-state index contributed by atoms with van der Waals surface area (Å²) in [5, 5.41) is 12.7. The highest BCUT2D eigenvalue weighted by atomic mass is 35.5. The van der Waals surface area contributed by atoms with E-state index in [9.17, 15) is 14.7 Å². The lowest BCUT2D eigenvalue weighted by Crippen LogP contribution is -2.47. The molecule has 0 bridgehead atoms. The first-order valence-corrected chi connectivity index (χ1v) is 7.84. The third-order valence-corrected chi connectivity index (χ3v) is 4.53. The highest BCUT2D eigenvalue weighted by Gasteiger charge is 2.40. The Balaban J connectivity index is 1.84. The van der Waals surface area contributed by atoms with E-state index in [0.29, 0.717) is 41.9 Å². The van der Waals surface area contributed by atoms with Crippen molar-refractivity contribution in [3.8, 4) is 5.75 Å². The molecule has 1 amide bonds. The Bertz CT molecular complexity index is 587. The van der Waals surface area contributed by atoms with Crippen molar-refractivity contribution in [3.63, 3.8) is 0 Å². The maximum absolute atomic E-state index is 11.9. The predicted octanol–water partition coefficient (Wildman–Crippen LogP) is 2.37. The van der Waals surface area contributed by atoms with Crippen LogP contribution in [-0.4, -0.2) is 43.3 Å². The molecule has 1 heterocycles. The van der Waals surface area contributed by atoms with Crippen molar-refractivity contribution >= 4 is 35.1 Å². The number of carboxylic acids is 1. The lowest BCUT2D eigenvalue weighted by atomic mass is 9.80. The summed E-state index contributed by atoms with van der Waals surface area (Å²) in [6.45, 7) is 0.573. The van der Waals surface area contributed by atoms with E-state index in [1.165, 1.54) is 6.07 Å². The van der Waals surface area contributed by atoms with Crippen LogP contribution in [0.25, 0.3) is 0 Å². The Hall–Kier alpha value is -1.50. The molecule has 0 atom stereocenters. The van der Waals surface area contributed by atoms with Gasteiger partial charge in [-0.25, -0.2) is 0 Å². The van der Waals surface area contributed by atoms with Gasteiger partial charge in [0.1, 0.15) is 5.75 Å². The fraction of sp³-hybridized carbons (Fsp3) is 0.467. The lowest BCUT2D eigenvalue weighted by Gasteiger charge is -2.33. The first-order chi connectivity index (χ1) is 10.9. The fourth-order valence-corrected chi connectivity index (χ4v) is 2.55. The first kappa shape index (κ1) is 17.8. The van der Waals surface area contributed by atoms with Crippen LogP contribution >= 0.6 is 23.2 Å². The molecule has 0 radical (unpaired) electrons. The van der Waals surface area contributed by atoms with Gasteiger partial charge in [0.25, 0.3) is 5.91 Å². The molecule has 1 aromatic carbocycles. The molecular formula is C15H17Cl2NO5. The molecular weight excluding hydrogens is 345 g/mol. The van der Waals surface area contributed by atoms with Gasteiger partial charge < -0.3 is 19.9 Å². The monoisotopic (exact) mass is 361 g/mol. The number of amides is 1. The normalized spacial score (nSPS) is 16.6. The van der Waals surface area contributed by atoms with Gasteiger partial charge in [-0.15, -0.1) is 0 Å². The number of hydrogen-bond donors (Lipinski definition) is 2. The van der Waals surface area contributed by atoms with Crippen LogP contribution in [0.4, 0.5) is 0 Å². The van der Waals surface area contributed by atoms with E-state index >= 15 is 0 Å². The molecule has 6 nitrogen and oxygen atoms in total. The number of ether oxygens (including phenoxy) is 2. The molecule has 2 N–H and O–H groups in total. The zero-order chi connectivity index (χ0) is 16.9. The van der Waals surface area contributed by atoms with E-state index in [4.69, 9.17) is 32.7 Å². The summed E-state index contributed by atoms with van der Waals surface area (Å²) in [5.41, 5.74) is -0.975. The average molecular weight is 362 g/mol. The predicted molar refractivity (Wildman–Crippen MR) is 85.1 cm³/mol. The summed E-state index contributed by atoms with van der Waals surface area (Å²) in [6.07, 6.45) is 0.743. The zero-order valence-electron chi connectivity index (χ0n) is 12.3. The summed E-state index contributed by atoms with van der Waals surface area (Å²) in [4.78, 5) is 23.3. The summed E-state index contributed by atoms with van der Waals surface area (Å²) in [6, 6.07) is 4.67. The Morgan fingerprint density at radius 2 is 1.96 bits per heavy atom. The fourth-order valence-electron chi connectivity index (χ4n) is 2.26. The number of carbonyl (C=O) groups excluding carboxylic acids is 1. The van der Waals surface area contributed by atoms with E-state index < -0.39 is 17.3 Å². The highest BCUT2D eigenvalue weighted by molar-refractivity contribution is 6.42. The minimum atomic E-state index is -0.975. The van der Waals surface area contributed by atoms with E-state index in [1.54, 1.807) is 12.1 Å². The Morgan fingerprint density at radius 1 is 1.26 bits per heavy atom. The third kappa shape index (κ3) is 4.73. The van der Waals surface area contributed by atoms with Crippen molar-refractivity contribution in [2.24, 2.45) is 5.41 Å². The van der Waals surface area contributed by atoms with E-state index in [1.807, 2.05) is 0 Å². The van der Waals surface area contributed by atoms with Crippen molar-refractivity contribution in [2.45, 2.75) is 12.8 Å². The molecule has 0 aromatic heterocycles. The quantitative estimate of drug-likeness (QED) is 0.812. The van der Waals surface area contributed by atoms with Crippen molar-refractivity contribution in [1.29, 1.82) is 0 Å². The number of nitrogens with one attached hydrogen (secondary N) is 1. The second-order valence-corrected chi connectivity index (χ2v) is 6.15. The number of carboxylic acid groups (broad SMARTS) is 1. The summed E-state index contributed by atoms with van der Waals surface area (Å²) in [5.74, 6) is -0.914. The number of rotatable bonds is 6. The second kappa shape index (κ2) is 7.86.